The summed E-state index contributed by atoms with van der Waals surface area (Å²) in [5, 5.41) is 15.8. The molecule has 4 rings (SSSR count). The van der Waals surface area contributed by atoms with E-state index in [1.807, 2.05) is 6.07 Å². The fraction of sp³-hybridized carbons (Fsp3) is 0.462. The van der Waals surface area contributed by atoms with Gasteiger partial charge in [0.2, 0.25) is 5.91 Å². The van der Waals surface area contributed by atoms with E-state index in [0.717, 1.165) is 41.0 Å². The van der Waals surface area contributed by atoms with Crippen molar-refractivity contribution in [2.45, 2.75) is 58.9 Å². The lowest BCUT2D eigenvalue weighted by Gasteiger charge is -2.36. The number of amides is 4. The lowest BCUT2D eigenvalue weighted by molar-refractivity contribution is -0.133. The number of nitrogens with one attached hydrogen (secondary N) is 2. The van der Waals surface area contributed by atoms with E-state index in [1.54, 1.807) is 31.2 Å². The summed E-state index contributed by atoms with van der Waals surface area (Å²) < 4.78 is 0. The summed E-state index contributed by atoms with van der Waals surface area (Å²) >= 11 is 1.44. The molecule has 1 aromatic heterocycles. The molecule has 0 spiro atoms. The number of urea groups is 1. The Bertz CT molecular complexity index is 1180. The molecule has 1 aromatic carbocycles. The Morgan fingerprint density at radius 2 is 2.03 bits per heavy atom. The molecule has 0 radical (unpaired) electrons. The van der Waals surface area contributed by atoms with Gasteiger partial charge in [-0.25, -0.2) is 4.79 Å². The number of rotatable bonds is 6. The second-order valence-electron chi connectivity index (χ2n) is 9.96. The second-order valence-corrected chi connectivity index (χ2v) is 11.1. The minimum Gasteiger partial charge on any atom is -0.319 e. The van der Waals surface area contributed by atoms with Crippen LogP contribution in [0.2, 0.25) is 0 Å². The summed E-state index contributed by atoms with van der Waals surface area (Å²) in [7, 11) is 0. The van der Waals surface area contributed by atoms with Crippen LogP contribution in [0.3, 0.4) is 0 Å². The average Bonchev–Trinajstić information content (AvgIpc) is 3.28. The molecule has 0 bridgehead atoms. The van der Waals surface area contributed by atoms with Gasteiger partial charge < -0.3 is 10.6 Å². The molecule has 8 heteroatoms. The van der Waals surface area contributed by atoms with Crippen LogP contribution in [0.15, 0.2) is 30.3 Å². The molecular formula is C26H30N4O3S. The number of imide groups is 1. The summed E-state index contributed by atoms with van der Waals surface area (Å²) in [6.07, 6.45) is 3.82. The minimum atomic E-state index is -1.22. The third-order valence-corrected chi connectivity index (χ3v) is 8.74. The highest BCUT2D eigenvalue weighted by Crippen LogP contribution is 2.45. The first-order chi connectivity index (χ1) is 16.1. The zero-order chi connectivity index (χ0) is 24.7. The van der Waals surface area contributed by atoms with Crippen LogP contribution in [0, 0.1) is 22.7 Å². The van der Waals surface area contributed by atoms with E-state index in [9.17, 15) is 19.6 Å². The third-order valence-electron chi connectivity index (χ3n) is 7.57. The van der Waals surface area contributed by atoms with Crippen molar-refractivity contribution in [3.63, 3.8) is 0 Å². The number of carbonyl (C=O) groups is 3. The van der Waals surface area contributed by atoms with Crippen LogP contribution in [-0.2, 0) is 28.0 Å². The van der Waals surface area contributed by atoms with E-state index in [-0.39, 0.29) is 5.41 Å². The Labute approximate surface area is 204 Å². The average molecular weight is 479 g/mol. The molecule has 2 aliphatic rings. The Balaban J connectivity index is 1.50. The number of fused-ring (bicyclic) bond motifs is 1. The third kappa shape index (κ3) is 4.09. The van der Waals surface area contributed by atoms with Crippen molar-refractivity contribution in [3.8, 4) is 6.07 Å². The van der Waals surface area contributed by atoms with Crippen LogP contribution in [0.25, 0.3) is 0 Å². The van der Waals surface area contributed by atoms with Gasteiger partial charge in [0.25, 0.3) is 5.91 Å². The van der Waals surface area contributed by atoms with Crippen LogP contribution in [-0.4, -0.2) is 29.3 Å². The zero-order valence-electron chi connectivity index (χ0n) is 20.0. The quantitative estimate of drug-likeness (QED) is 0.594. The summed E-state index contributed by atoms with van der Waals surface area (Å²) in [5.41, 5.74) is 1.18. The van der Waals surface area contributed by atoms with Gasteiger partial charge in [0.15, 0.2) is 0 Å². The standard InChI is InChI=1S/C26H30N4O3S/c1-5-25(2,3)17-11-12-18-19(14-27)22(34-20(18)13-17)28-21(31)15-30-23(32)26(4,29-24(30)33)16-9-7-6-8-10-16/h6-10,17H,5,11-13,15H2,1-4H3,(H,28,31)(H,29,33)/t17-,26+/m1/s1. The van der Waals surface area contributed by atoms with E-state index in [2.05, 4.69) is 37.5 Å². The Hall–Kier alpha value is -3.18. The Morgan fingerprint density at radius 1 is 1.32 bits per heavy atom. The number of nitriles is 1. The predicted octanol–water partition coefficient (Wildman–Crippen LogP) is 4.57. The van der Waals surface area contributed by atoms with Crippen LogP contribution >= 0.6 is 11.3 Å². The molecule has 178 valence electrons. The van der Waals surface area contributed by atoms with E-state index >= 15 is 0 Å². The molecule has 0 saturated carbocycles. The maximum Gasteiger partial charge on any atom is 0.325 e. The van der Waals surface area contributed by atoms with Crippen molar-refractivity contribution in [1.29, 1.82) is 5.26 Å². The first-order valence-corrected chi connectivity index (χ1v) is 12.5. The summed E-state index contributed by atoms with van der Waals surface area (Å²) in [6, 6.07) is 10.6. The Kier molecular flexibility index (Phi) is 6.26. The lowest BCUT2D eigenvalue weighted by atomic mass is 9.69. The van der Waals surface area contributed by atoms with Gasteiger partial charge in [0.1, 0.15) is 23.2 Å². The van der Waals surface area contributed by atoms with Crippen LogP contribution in [0.1, 0.15) is 62.1 Å². The van der Waals surface area contributed by atoms with Gasteiger partial charge in [-0.15, -0.1) is 11.3 Å². The first-order valence-electron chi connectivity index (χ1n) is 11.6. The topological polar surface area (TPSA) is 102 Å². The number of hydrogen-bond donors (Lipinski definition) is 2. The smallest absolute Gasteiger partial charge is 0.319 e. The molecule has 4 amide bonds. The molecule has 2 N–H and O–H groups in total. The van der Waals surface area contributed by atoms with E-state index in [0.29, 0.717) is 22.0 Å². The van der Waals surface area contributed by atoms with Crippen molar-refractivity contribution in [2.24, 2.45) is 11.3 Å². The van der Waals surface area contributed by atoms with Crippen LogP contribution < -0.4 is 10.6 Å². The van der Waals surface area contributed by atoms with Crippen LogP contribution in [0.4, 0.5) is 9.80 Å². The highest BCUT2D eigenvalue weighted by Gasteiger charge is 2.49. The number of thiophene rings is 1. The van der Waals surface area contributed by atoms with Gasteiger partial charge in [-0.1, -0.05) is 57.5 Å². The highest BCUT2D eigenvalue weighted by molar-refractivity contribution is 7.16. The van der Waals surface area contributed by atoms with Gasteiger partial charge >= 0.3 is 6.03 Å². The number of hydrogen-bond acceptors (Lipinski definition) is 5. The van der Waals surface area contributed by atoms with Crippen LogP contribution in [0.5, 0.6) is 0 Å². The normalized spacial score (nSPS) is 22.2. The van der Waals surface area contributed by atoms with Gasteiger partial charge in [-0.2, -0.15) is 5.26 Å². The van der Waals surface area contributed by atoms with Gasteiger partial charge in [0, 0.05) is 4.88 Å². The summed E-state index contributed by atoms with van der Waals surface area (Å²) in [4.78, 5) is 40.6. The molecule has 1 aliphatic carbocycles. The first kappa shape index (κ1) is 24.0. The molecule has 0 unspecified atom stereocenters. The largest absolute Gasteiger partial charge is 0.325 e. The number of anilines is 1. The lowest BCUT2D eigenvalue weighted by Crippen LogP contribution is -2.42. The van der Waals surface area contributed by atoms with Gasteiger partial charge in [-0.3, -0.25) is 14.5 Å². The molecule has 7 nitrogen and oxygen atoms in total. The molecule has 1 aliphatic heterocycles. The molecule has 34 heavy (non-hydrogen) atoms. The molecule has 2 heterocycles. The van der Waals surface area contributed by atoms with E-state index in [4.69, 9.17) is 0 Å². The van der Waals surface area contributed by atoms with E-state index in [1.165, 1.54) is 11.3 Å². The number of nitrogens with zero attached hydrogens (tertiary/aromatic N) is 2. The highest BCUT2D eigenvalue weighted by atomic mass is 32.1. The van der Waals surface area contributed by atoms with Crippen molar-refractivity contribution in [1.82, 2.24) is 10.2 Å². The van der Waals surface area contributed by atoms with Gasteiger partial charge in [0.05, 0.1) is 5.56 Å². The minimum absolute atomic E-state index is 0.215. The molecule has 1 fully saturated rings. The number of benzene rings is 1. The molecule has 2 aromatic rings. The molecule has 1 saturated heterocycles. The predicted molar refractivity (Wildman–Crippen MR) is 131 cm³/mol. The van der Waals surface area contributed by atoms with Gasteiger partial charge in [-0.05, 0) is 48.6 Å². The fourth-order valence-electron chi connectivity index (χ4n) is 4.87. The monoisotopic (exact) mass is 478 g/mol. The van der Waals surface area contributed by atoms with E-state index < -0.39 is 29.9 Å². The number of carbonyl (C=O) groups excluding carboxylic acids is 3. The fourth-order valence-corrected chi connectivity index (χ4v) is 6.16. The van der Waals surface area contributed by atoms with Crippen molar-refractivity contribution < 1.29 is 14.4 Å². The maximum absolute atomic E-state index is 13.1. The van der Waals surface area contributed by atoms with Crippen molar-refractivity contribution >= 4 is 34.2 Å². The Morgan fingerprint density at radius 3 is 2.68 bits per heavy atom. The van der Waals surface area contributed by atoms with Crippen molar-refractivity contribution in [2.75, 3.05) is 11.9 Å². The van der Waals surface area contributed by atoms with Crippen molar-refractivity contribution in [3.05, 3.63) is 51.9 Å². The maximum atomic E-state index is 13.1. The summed E-state index contributed by atoms with van der Waals surface area (Å²) in [5.74, 6) is -0.448. The molecular weight excluding hydrogens is 448 g/mol. The SMILES string of the molecule is CCC(C)(C)[C@@H]1CCc2c(sc(NC(=O)CN3C(=O)N[C@@](C)(c4ccccc4)C3=O)c2C#N)C1. The molecule has 2 atom stereocenters. The summed E-state index contributed by atoms with van der Waals surface area (Å²) in [6.45, 7) is 7.99. The second kappa shape index (κ2) is 8.88. The zero-order valence-corrected chi connectivity index (χ0v) is 20.8.